The van der Waals surface area contributed by atoms with Crippen LogP contribution in [0.4, 0.5) is 17.5 Å². The molecule has 0 radical (unpaired) electrons. The lowest BCUT2D eigenvalue weighted by atomic mass is 9.69. The topological polar surface area (TPSA) is 163 Å². The highest BCUT2D eigenvalue weighted by molar-refractivity contribution is 7.47. The van der Waals surface area contributed by atoms with E-state index in [4.69, 9.17) is 14.8 Å². The van der Waals surface area contributed by atoms with E-state index in [1.54, 1.807) is 0 Å². The van der Waals surface area contributed by atoms with Gasteiger partial charge in [0.2, 0.25) is 5.95 Å². The van der Waals surface area contributed by atoms with Crippen LogP contribution in [0.2, 0.25) is 0 Å². The molecular weight excluding hydrogens is 365 g/mol. The van der Waals surface area contributed by atoms with Crippen LogP contribution >= 0.6 is 7.82 Å². The van der Waals surface area contributed by atoms with Crippen LogP contribution in [0.1, 0.15) is 19.8 Å². The number of nitrogens with two attached hydrogens (primary N) is 1. The van der Waals surface area contributed by atoms with E-state index in [-0.39, 0.29) is 49.2 Å². The number of anilines is 3. The van der Waals surface area contributed by atoms with Crippen LogP contribution in [-0.4, -0.2) is 52.5 Å². The number of aliphatic hydroxyl groups is 1. The third-order valence-electron chi connectivity index (χ3n) is 4.78. The Bertz CT molecular complexity index is 758. The molecule has 1 aromatic heterocycles. The van der Waals surface area contributed by atoms with Crippen molar-refractivity contribution in [3.05, 3.63) is 10.4 Å². The number of aliphatic hydroxyl groups excluding tert-OH is 1. The summed E-state index contributed by atoms with van der Waals surface area (Å²) in [6.07, 6.45) is 1.24. The first-order chi connectivity index (χ1) is 12.4. The molecule has 1 aliphatic carbocycles. The highest BCUT2D eigenvalue weighted by atomic mass is 31.2. The van der Waals surface area contributed by atoms with Gasteiger partial charge in [0.15, 0.2) is 5.82 Å². The van der Waals surface area contributed by atoms with Crippen LogP contribution in [-0.2, 0) is 13.6 Å². The number of hydrogen-bond donors (Lipinski definition) is 5. The van der Waals surface area contributed by atoms with Crippen LogP contribution in [0.3, 0.4) is 0 Å². The van der Waals surface area contributed by atoms with E-state index >= 15 is 0 Å². The number of fused-ring (bicyclic) bond motifs is 1. The average Bonchev–Trinajstić information content (AvgIpc) is 2.96. The Morgan fingerprint density at radius 2 is 2.23 bits per heavy atom. The lowest BCUT2D eigenvalue weighted by molar-refractivity contribution is 0.0170. The van der Waals surface area contributed by atoms with Crippen molar-refractivity contribution >= 4 is 25.3 Å². The highest BCUT2D eigenvalue weighted by Crippen LogP contribution is 2.48. The van der Waals surface area contributed by atoms with Gasteiger partial charge in [0.25, 0.3) is 5.56 Å². The Kier molecular flexibility index (Phi) is 5.54. The van der Waals surface area contributed by atoms with Crippen molar-refractivity contribution in [2.24, 2.45) is 11.8 Å². The predicted octanol–water partition coefficient (Wildman–Crippen LogP) is 0.0821. The maximum absolute atomic E-state index is 12.0. The van der Waals surface area contributed by atoms with Gasteiger partial charge in [-0.3, -0.25) is 18.8 Å². The fraction of sp³-hybridized carbons (Fsp3) is 0.714. The Balaban J connectivity index is 1.72. The Morgan fingerprint density at radius 1 is 1.46 bits per heavy atom. The number of H-pyrrole nitrogens is 1. The Labute approximate surface area is 150 Å². The van der Waals surface area contributed by atoms with Crippen molar-refractivity contribution in [3.8, 4) is 0 Å². The summed E-state index contributed by atoms with van der Waals surface area (Å²) in [4.78, 5) is 30.1. The largest absolute Gasteiger partial charge is 0.472 e. The maximum atomic E-state index is 12.0. The van der Waals surface area contributed by atoms with Gasteiger partial charge in [-0.25, -0.2) is 4.57 Å². The molecule has 6 N–H and O–H groups in total. The molecule has 4 atom stereocenters. The van der Waals surface area contributed by atoms with Gasteiger partial charge >= 0.3 is 7.82 Å². The molecule has 0 spiro atoms. The number of nitrogens with one attached hydrogen (secondary N) is 2. The van der Waals surface area contributed by atoms with Gasteiger partial charge in [0.05, 0.1) is 19.9 Å². The van der Waals surface area contributed by atoms with Crippen LogP contribution in [0.15, 0.2) is 4.79 Å². The first-order valence-electron chi connectivity index (χ1n) is 8.49. The molecule has 26 heavy (non-hydrogen) atoms. The lowest BCUT2D eigenvalue weighted by Crippen LogP contribution is -2.55. The van der Waals surface area contributed by atoms with E-state index in [1.807, 2.05) is 11.8 Å². The number of aromatic nitrogens is 2. The quantitative estimate of drug-likeness (QED) is 0.385. The van der Waals surface area contributed by atoms with Crippen LogP contribution in [0.5, 0.6) is 0 Å². The van der Waals surface area contributed by atoms with Gasteiger partial charge in [0.1, 0.15) is 5.69 Å². The van der Waals surface area contributed by atoms with Crippen LogP contribution in [0.25, 0.3) is 0 Å². The molecule has 0 saturated heterocycles. The van der Waals surface area contributed by atoms with Crippen LogP contribution < -0.4 is 21.5 Å². The zero-order valence-corrected chi connectivity index (χ0v) is 15.3. The molecule has 1 unspecified atom stereocenters. The number of phosphoric ester groups is 1. The summed E-state index contributed by atoms with van der Waals surface area (Å²) in [6.45, 7) is 2.20. The fourth-order valence-corrected chi connectivity index (χ4v) is 4.22. The molecular formula is C14H24N5O6P. The van der Waals surface area contributed by atoms with E-state index in [9.17, 15) is 19.4 Å². The predicted molar refractivity (Wildman–Crippen MR) is 94.7 cm³/mol. The van der Waals surface area contributed by atoms with Crippen molar-refractivity contribution in [2.75, 3.05) is 42.4 Å². The molecule has 1 fully saturated rings. The van der Waals surface area contributed by atoms with Crippen molar-refractivity contribution < 1.29 is 23.6 Å². The minimum atomic E-state index is -4.13. The summed E-state index contributed by atoms with van der Waals surface area (Å²) in [5.74, 6) is 0.170. The first-order valence-corrected chi connectivity index (χ1v) is 9.99. The number of nitrogens with zero attached hydrogens (tertiary/aromatic N) is 2. The Morgan fingerprint density at radius 3 is 2.92 bits per heavy atom. The smallest absolute Gasteiger partial charge is 0.396 e. The van der Waals surface area contributed by atoms with Gasteiger partial charge in [-0.15, -0.1) is 0 Å². The van der Waals surface area contributed by atoms with Crippen molar-refractivity contribution in [1.29, 1.82) is 0 Å². The number of hydrogen-bond acceptors (Lipinski definition) is 9. The van der Waals surface area contributed by atoms with Crippen molar-refractivity contribution in [1.82, 2.24) is 9.97 Å². The molecule has 0 amide bonds. The van der Waals surface area contributed by atoms with Gasteiger partial charge in [0, 0.05) is 18.6 Å². The molecule has 1 saturated carbocycles. The number of phosphoric acid groups is 1. The van der Waals surface area contributed by atoms with Crippen molar-refractivity contribution in [2.45, 2.75) is 25.8 Å². The molecule has 1 aromatic rings. The standard InChI is InChI=1S/C14H24N5O6P/c1-2-3-24-26(22,23)25-6-9-8(5-20)4-10(9)19-7-16-11-12(19)17-14(15)18-13(11)21/h8-10,16,20H,2-7H2,1H3,(H,22,23)(H3,15,17,18,21)/t8-,9-,10-/m1/s1. The second kappa shape index (κ2) is 7.53. The maximum Gasteiger partial charge on any atom is 0.472 e. The number of nitrogen functional groups attached to an aromatic ring is 1. The second-order valence-electron chi connectivity index (χ2n) is 6.46. The minimum absolute atomic E-state index is 0.0149. The lowest BCUT2D eigenvalue weighted by Gasteiger charge is -2.48. The molecule has 11 nitrogen and oxygen atoms in total. The zero-order valence-electron chi connectivity index (χ0n) is 14.4. The normalized spacial score (nSPS) is 26.7. The van der Waals surface area contributed by atoms with Gasteiger partial charge in [-0.1, -0.05) is 6.92 Å². The van der Waals surface area contributed by atoms with Gasteiger partial charge < -0.3 is 26.0 Å². The first kappa shape index (κ1) is 19.1. The van der Waals surface area contributed by atoms with E-state index in [0.29, 0.717) is 31.0 Å². The van der Waals surface area contributed by atoms with Crippen molar-refractivity contribution in [3.63, 3.8) is 0 Å². The minimum Gasteiger partial charge on any atom is -0.396 e. The summed E-state index contributed by atoms with van der Waals surface area (Å²) < 4.78 is 21.8. The molecule has 0 aromatic carbocycles. The number of aromatic amines is 1. The molecule has 12 heteroatoms. The summed E-state index contributed by atoms with van der Waals surface area (Å²) in [5.41, 5.74) is 5.62. The van der Waals surface area contributed by atoms with E-state index in [1.165, 1.54) is 0 Å². The van der Waals surface area contributed by atoms with E-state index in [2.05, 4.69) is 15.3 Å². The molecule has 0 bridgehead atoms. The third kappa shape index (κ3) is 3.72. The molecule has 3 rings (SSSR count). The van der Waals surface area contributed by atoms with E-state index in [0.717, 1.165) is 0 Å². The summed E-state index contributed by atoms with van der Waals surface area (Å²) in [7, 11) is -4.13. The van der Waals surface area contributed by atoms with Crippen LogP contribution in [0, 0.1) is 11.8 Å². The monoisotopic (exact) mass is 389 g/mol. The number of rotatable bonds is 8. The molecule has 146 valence electrons. The average molecular weight is 389 g/mol. The second-order valence-corrected chi connectivity index (χ2v) is 7.92. The van der Waals surface area contributed by atoms with E-state index < -0.39 is 7.82 Å². The van der Waals surface area contributed by atoms with Gasteiger partial charge in [-0.2, -0.15) is 4.98 Å². The highest BCUT2D eigenvalue weighted by Gasteiger charge is 2.47. The molecule has 1 aliphatic heterocycles. The third-order valence-corrected chi connectivity index (χ3v) is 5.77. The molecule has 2 heterocycles. The Hall–Kier alpha value is -1.65. The fourth-order valence-electron chi connectivity index (χ4n) is 3.38. The molecule has 2 aliphatic rings. The zero-order chi connectivity index (χ0) is 18.9. The SMILES string of the molecule is CCCOP(=O)(O)OC[C@@H]1[C@@H](CO)C[C@H]1N1CNc2c1nc(N)[nH]c2=O. The summed E-state index contributed by atoms with van der Waals surface area (Å²) >= 11 is 0. The van der Waals surface area contributed by atoms with Gasteiger partial charge in [-0.05, 0) is 18.8 Å². The summed E-state index contributed by atoms with van der Waals surface area (Å²) in [5, 5.41) is 12.5. The summed E-state index contributed by atoms with van der Waals surface area (Å²) in [6, 6.07) is -0.110.